The van der Waals surface area contributed by atoms with Crippen molar-refractivity contribution in [2.45, 2.75) is 12.2 Å². The quantitative estimate of drug-likeness (QED) is 0.488. The van der Waals surface area contributed by atoms with E-state index in [1.165, 1.54) is 0 Å². The highest BCUT2D eigenvalue weighted by Gasteiger charge is 2.38. The smallest absolute Gasteiger partial charge is 0.426 e. The van der Waals surface area contributed by atoms with E-state index in [1.807, 2.05) is 0 Å². The maximum Gasteiger partial charge on any atom is 0.509 e. The standard InChI is InChI=1S/C11H16O5S2/c1-3-5-17(13)7-9-10(16-11(12)15-9)8-18(14)6-4-2/h3-4,9-10H,1-2,5-8H2. The first-order valence-electron chi connectivity index (χ1n) is 5.35. The third-order valence-electron chi connectivity index (χ3n) is 2.22. The van der Waals surface area contributed by atoms with Crippen LogP contribution in [0.2, 0.25) is 0 Å². The monoisotopic (exact) mass is 292 g/mol. The Labute approximate surface area is 111 Å². The van der Waals surface area contributed by atoms with Crippen molar-refractivity contribution in [3.05, 3.63) is 25.3 Å². The summed E-state index contributed by atoms with van der Waals surface area (Å²) in [7, 11) is -2.32. The highest BCUT2D eigenvalue weighted by Crippen LogP contribution is 2.17. The van der Waals surface area contributed by atoms with Crippen LogP contribution >= 0.6 is 0 Å². The molecule has 5 nitrogen and oxygen atoms in total. The molecule has 0 bridgehead atoms. The number of rotatable bonds is 8. The molecule has 0 radical (unpaired) electrons. The summed E-state index contributed by atoms with van der Waals surface area (Å²) >= 11 is 0. The Balaban J connectivity index is 2.55. The van der Waals surface area contributed by atoms with Gasteiger partial charge in [0.15, 0.2) is 12.2 Å². The van der Waals surface area contributed by atoms with Crippen LogP contribution in [0.1, 0.15) is 0 Å². The topological polar surface area (TPSA) is 69.7 Å². The Hall–Kier alpha value is -0.950. The maximum absolute atomic E-state index is 11.6. The van der Waals surface area contributed by atoms with E-state index in [4.69, 9.17) is 9.47 Å². The minimum absolute atomic E-state index is 0.174. The number of hydrogen-bond acceptors (Lipinski definition) is 5. The third-order valence-corrected chi connectivity index (χ3v) is 4.83. The summed E-state index contributed by atoms with van der Waals surface area (Å²) in [5.74, 6) is 1.01. The van der Waals surface area contributed by atoms with Crippen molar-refractivity contribution < 1.29 is 22.7 Å². The summed E-state index contributed by atoms with van der Waals surface area (Å²) < 4.78 is 33.0. The first kappa shape index (κ1) is 15.1. The molecule has 0 aromatic heterocycles. The molecule has 0 amide bonds. The number of ether oxygens (including phenoxy) is 2. The lowest BCUT2D eigenvalue weighted by molar-refractivity contribution is 0.119. The van der Waals surface area contributed by atoms with Crippen LogP contribution in [0.4, 0.5) is 4.79 Å². The minimum Gasteiger partial charge on any atom is -0.426 e. The summed E-state index contributed by atoms with van der Waals surface area (Å²) in [4.78, 5) is 11.1. The van der Waals surface area contributed by atoms with Crippen molar-refractivity contribution in [2.75, 3.05) is 23.0 Å². The summed E-state index contributed by atoms with van der Waals surface area (Å²) in [6.07, 6.45) is 1.08. The second kappa shape index (κ2) is 7.48. The molecule has 4 unspecified atom stereocenters. The highest BCUT2D eigenvalue weighted by atomic mass is 32.2. The Morgan fingerprint density at radius 1 is 1.00 bits per heavy atom. The molecule has 0 saturated carbocycles. The zero-order valence-corrected chi connectivity index (χ0v) is 11.5. The molecule has 1 saturated heterocycles. The van der Waals surface area contributed by atoms with Crippen molar-refractivity contribution in [3.8, 4) is 0 Å². The maximum atomic E-state index is 11.6. The van der Waals surface area contributed by atoms with Crippen LogP contribution < -0.4 is 0 Å². The Morgan fingerprint density at radius 3 is 1.72 bits per heavy atom. The molecule has 0 N–H and O–H groups in total. The van der Waals surface area contributed by atoms with E-state index in [9.17, 15) is 13.2 Å². The minimum atomic E-state index is -1.16. The normalized spacial score (nSPS) is 25.9. The Morgan fingerprint density at radius 2 is 1.39 bits per heavy atom. The molecule has 1 heterocycles. The molecule has 7 heteroatoms. The highest BCUT2D eigenvalue weighted by molar-refractivity contribution is 7.85. The van der Waals surface area contributed by atoms with E-state index < -0.39 is 40.0 Å². The molecule has 18 heavy (non-hydrogen) atoms. The molecule has 0 spiro atoms. The van der Waals surface area contributed by atoms with Gasteiger partial charge in [0, 0.05) is 33.1 Å². The van der Waals surface area contributed by atoms with E-state index in [0.29, 0.717) is 11.5 Å². The van der Waals surface area contributed by atoms with Gasteiger partial charge in [-0.2, -0.15) is 0 Å². The van der Waals surface area contributed by atoms with Gasteiger partial charge in [-0.3, -0.25) is 8.42 Å². The van der Waals surface area contributed by atoms with Crippen LogP contribution in [0.5, 0.6) is 0 Å². The number of hydrogen-bond donors (Lipinski definition) is 0. The Kier molecular flexibility index (Phi) is 6.28. The van der Waals surface area contributed by atoms with Crippen LogP contribution in [-0.2, 0) is 31.1 Å². The van der Waals surface area contributed by atoms with E-state index >= 15 is 0 Å². The van der Waals surface area contributed by atoms with Crippen molar-refractivity contribution in [1.82, 2.24) is 0 Å². The fourth-order valence-electron chi connectivity index (χ4n) is 1.47. The van der Waals surface area contributed by atoms with E-state index in [-0.39, 0.29) is 11.5 Å². The average Bonchev–Trinajstić information content (AvgIpc) is 2.59. The van der Waals surface area contributed by atoms with Crippen LogP contribution in [0.3, 0.4) is 0 Å². The number of carbonyl (C=O) groups excluding carboxylic acids is 1. The van der Waals surface area contributed by atoms with Crippen molar-refractivity contribution in [1.29, 1.82) is 0 Å². The van der Waals surface area contributed by atoms with Gasteiger partial charge in [0.25, 0.3) is 0 Å². The van der Waals surface area contributed by atoms with Gasteiger partial charge in [0.05, 0.1) is 11.5 Å². The predicted molar refractivity (Wildman–Crippen MR) is 71.3 cm³/mol. The second-order valence-electron chi connectivity index (χ2n) is 3.69. The lowest BCUT2D eigenvalue weighted by Gasteiger charge is -2.13. The lowest BCUT2D eigenvalue weighted by Crippen LogP contribution is -2.33. The molecular formula is C11H16O5S2. The van der Waals surface area contributed by atoms with Crippen molar-refractivity contribution in [2.24, 2.45) is 0 Å². The van der Waals surface area contributed by atoms with Crippen LogP contribution in [0.15, 0.2) is 25.3 Å². The molecule has 1 aliphatic rings. The predicted octanol–water partition coefficient (Wildman–Crippen LogP) is 0.760. The zero-order chi connectivity index (χ0) is 13.5. The number of cyclic esters (lactones) is 2. The van der Waals surface area contributed by atoms with Gasteiger partial charge < -0.3 is 9.47 Å². The van der Waals surface area contributed by atoms with Gasteiger partial charge in [-0.15, -0.1) is 13.2 Å². The van der Waals surface area contributed by atoms with Crippen LogP contribution in [0, 0.1) is 0 Å². The van der Waals surface area contributed by atoms with E-state index in [0.717, 1.165) is 0 Å². The fourth-order valence-corrected chi connectivity index (χ4v) is 3.57. The van der Waals surface area contributed by atoms with E-state index in [2.05, 4.69) is 13.2 Å². The molecule has 0 aromatic rings. The SMILES string of the molecule is C=CCS(=O)CC1OC(=O)OC1CS(=O)CC=C. The first-order valence-corrected chi connectivity index (χ1v) is 8.33. The molecule has 4 atom stereocenters. The third kappa shape index (κ3) is 4.73. The summed E-state index contributed by atoms with van der Waals surface area (Å²) in [6, 6.07) is 0. The molecule has 1 aliphatic heterocycles. The average molecular weight is 292 g/mol. The van der Waals surface area contributed by atoms with Crippen LogP contribution in [-0.4, -0.2) is 49.8 Å². The summed E-state index contributed by atoms with van der Waals surface area (Å²) in [6.45, 7) is 6.98. The first-order chi connectivity index (χ1) is 8.56. The van der Waals surface area contributed by atoms with E-state index in [1.54, 1.807) is 12.2 Å². The van der Waals surface area contributed by atoms with Gasteiger partial charge >= 0.3 is 6.16 Å². The zero-order valence-electron chi connectivity index (χ0n) is 9.91. The lowest BCUT2D eigenvalue weighted by atomic mass is 10.3. The molecular weight excluding hydrogens is 276 g/mol. The van der Waals surface area contributed by atoms with Gasteiger partial charge in [-0.05, 0) is 0 Å². The van der Waals surface area contributed by atoms with Gasteiger partial charge in [-0.1, -0.05) is 12.2 Å². The number of carbonyl (C=O) groups is 1. The summed E-state index contributed by atoms with van der Waals surface area (Å²) in [5.41, 5.74) is 0. The van der Waals surface area contributed by atoms with Gasteiger partial charge in [0.2, 0.25) is 0 Å². The van der Waals surface area contributed by atoms with Gasteiger partial charge in [-0.25, -0.2) is 4.79 Å². The molecule has 1 rings (SSSR count). The van der Waals surface area contributed by atoms with Gasteiger partial charge in [0.1, 0.15) is 0 Å². The summed E-state index contributed by atoms with van der Waals surface area (Å²) in [5, 5.41) is 0. The van der Waals surface area contributed by atoms with Crippen molar-refractivity contribution >= 4 is 27.8 Å². The van der Waals surface area contributed by atoms with Crippen molar-refractivity contribution in [3.63, 3.8) is 0 Å². The molecule has 0 aromatic carbocycles. The molecule has 102 valence electrons. The second-order valence-corrected chi connectivity index (χ2v) is 6.78. The fraction of sp³-hybridized carbons (Fsp3) is 0.545. The Bertz CT molecular complexity index is 346. The molecule has 0 aliphatic carbocycles. The largest absolute Gasteiger partial charge is 0.509 e. The van der Waals surface area contributed by atoms with Crippen LogP contribution in [0.25, 0.3) is 0 Å². The molecule has 1 fully saturated rings.